The average Bonchev–Trinajstić information content (AvgIpc) is 2.52. The van der Waals surface area contributed by atoms with Crippen LogP contribution in [0.5, 0.6) is 0 Å². The molecule has 0 spiro atoms. The van der Waals surface area contributed by atoms with Gasteiger partial charge in [0.15, 0.2) is 0 Å². The summed E-state index contributed by atoms with van der Waals surface area (Å²) in [6, 6.07) is 0. The van der Waals surface area contributed by atoms with E-state index in [0.29, 0.717) is 13.2 Å². The van der Waals surface area contributed by atoms with Crippen LogP contribution in [0.1, 0.15) is 78.1 Å². The Morgan fingerprint density at radius 1 is 0.840 bits per heavy atom. The molecule has 0 saturated heterocycles. The Hall–Kier alpha value is -0.0100. The molecule has 153 valence electrons. The lowest BCUT2D eigenvalue weighted by molar-refractivity contribution is -0.0271. The van der Waals surface area contributed by atoms with Crippen molar-refractivity contribution < 1.29 is 33.8 Å². The van der Waals surface area contributed by atoms with Gasteiger partial charge in [0.1, 0.15) is 6.61 Å². The van der Waals surface area contributed by atoms with Crippen molar-refractivity contribution in [3.05, 3.63) is 0 Å². The Morgan fingerprint density at radius 2 is 1.28 bits per heavy atom. The van der Waals surface area contributed by atoms with Crippen LogP contribution in [0.25, 0.3) is 0 Å². The van der Waals surface area contributed by atoms with Gasteiger partial charge in [-0.2, -0.15) is 0 Å². The van der Waals surface area contributed by atoms with Crippen molar-refractivity contribution in [1.29, 1.82) is 0 Å². The Labute approximate surface area is 153 Å². The number of phosphoric acid groups is 1. The fourth-order valence-corrected chi connectivity index (χ4v) is 2.24. The molecular formula is C17H38O7P. The largest absolute Gasteiger partial charge is 0.466 e. The highest BCUT2D eigenvalue weighted by Crippen LogP contribution is 2.25. The van der Waals surface area contributed by atoms with E-state index >= 15 is 0 Å². The van der Waals surface area contributed by atoms with E-state index in [1.807, 2.05) is 6.92 Å². The van der Waals surface area contributed by atoms with Crippen LogP contribution in [0.15, 0.2) is 0 Å². The number of unbranched alkanes of at least 4 members (excludes halogenated alkanes) is 9. The third-order valence-electron chi connectivity index (χ3n) is 3.48. The minimum absolute atomic E-state index is 0.0482. The second kappa shape index (κ2) is 20.3. The summed E-state index contributed by atoms with van der Waals surface area (Å²) >= 11 is 0. The van der Waals surface area contributed by atoms with Crippen LogP contribution in [-0.4, -0.2) is 47.2 Å². The molecule has 1 atom stereocenters. The molecule has 0 aliphatic rings. The molecule has 1 radical (unpaired) electrons. The number of hydrogen-bond acceptors (Lipinski definition) is 3. The normalized spacial score (nSPS) is 12.6. The molecule has 8 heteroatoms. The van der Waals surface area contributed by atoms with Gasteiger partial charge in [0.25, 0.3) is 0 Å². The molecule has 7 nitrogen and oxygen atoms in total. The minimum atomic E-state index is -4.64. The molecule has 0 heterocycles. The average molecular weight is 385 g/mol. The van der Waals surface area contributed by atoms with Gasteiger partial charge in [-0.1, -0.05) is 64.7 Å². The molecular weight excluding hydrogens is 347 g/mol. The third-order valence-corrected chi connectivity index (χ3v) is 3.48. The highest BCUT2D eigenvalue weighted by atomic mass is 31.2. The van der Waals surface area contributed by atoms with Crippen LogP contribution < -0.4 is 0 Å². The second-order valence-corrected chi connectivity index (χ2v) is 7.18. The van der Waals surface area contributed by atoms with Crippen molar-refractivity contribution >= 4 is 7.82 Å². The Kier molecular flexibility index (Phi) is 22.1. The van der Waals surface area contributed by atoms with Crippen LogP contribution >= 0.6 is 7.82 Å². The second-order valence-electron chi connectivity index (χ2n) is 6.16. The van der Waals surface area contributed by atoms with Gasteiger partial charge in [-0.15, -0.1) is 0 Å². The lowest BCUT2D eigenvalue weighted by Gasteiger charge is -2.12. The minimum Gasteiger partial charge on any atom is -0.379 e. The summed E-state index contributed by atoms with van der Waals surface area (Å²) in [5.41, 5.74) is 0. The van der Waals surface area contributed by atoms with E-state index in [1.165, 1.54) is 57.8 Å². The van der Waals surface area contributed by atoms with E-state index in [-0.39, 0.29) is 12.7 Å². The summed E-state index contributed by atoms with van der Waals surface area (Å²) in [6.45, 7) is 5.78. The zero-order valence-corrected chi connectivity index (χ0v) is 16.8. The van der Waals surface area contributed by atoms with E-state index in [0.717, 1.165) is 13.0 Å². The van der Waals surface area contributed by atoms with Crippen molar-refractivity contribution in [1.82, 2.24) is 0 Å². The van der Waals surface area contributed by atoms with E-state index in [1.54, 1.807) is 0 Å². The molecule has 1 unspecified atom stereocenters. The molecule has 0 bridgehead atoms. The van der Waals surface area contributed by atoms with Crippen molar-refractivity contribution in [2.45, 2.75) is 84.2 Å². The predicted molar refractivity (Wildman–Crippen MR) is 97.9 cm³/mol. The third kappa shape index (κ3) is 35.8. The van der Waals surface area contributed by atoms with Crippen LogP contribution in [0.3, 0.4) is 0 Å². The van der Waals surface area contributed by atoms with Gasteiger partial charge in [-0.25, -0.2) is 9.67 Å². The van der Waals surface area contributed by atoms with Crippen molar-refractivity contribution in [3.63, 3.8) is 0 Å². The van der Waals surface area contributed by atoms with Gasteiger partial charge in [-0.05, 0) is 13.3 Å². The van der Waals surface area contributed by atoms with Crippen LogP contribution in [0, 0.1) is 0 Å². The van der Waals surface area contributed by atoms with Crippen LogP contribution in [-0.2, 0) is 19.1 Å². The first-order valence-electron chi connectivity index (χ1n) is 9.37. The van der Waals surface area contributed by atoms with Crippen molar-refractivity contribution in [2.75, 3.05) is 26.4 Å². The first-order chi connectivity index (χ1) is 11.8. The molecule has 0 aromatic heterocycles. The zero-order chi connectivity index (χ0) is 19.4. The highest BCUT2D eigenvalue weighted by molar-refractivity contribution is 7.45. The Morgan fingerprint density at radius 3 is 1.72 bits per heavy atom. The molecule has 0 rings (SSSR count). The van der Waals surface area contributed by atoms with Gasteiger partial charge in [-0.3, -0.25) is 0 Å². The van der Waals surface area contributed by atoms with Gasteiger partial charge in [0.05, 0.1) is 19.3 Å². The van der Waals surface area contributed by atoms with E-state index < -0.39 is 7.82 Å². The van der Waals surface area contributed by atoms with Gasteiger partial charge in [0.2, 0.25) is 0 Å². The first kappa shape index (κ1) is 27.2. The smallest absolute Gasteiger partial charge is 0.379 e. The fraction of sp³-hybridized carbons (Fsp3) is 1.00. The molecule has 0 amide bonds. The van der Waals surface area contributed by atoms with E-state index in [9.17, 15) is 5.11 Å². The van der Waals surface area contributed by atoms with Gasteiger partial charge < -0.3 is 24.2 Å². The quantitative estimate of drug-likeness (QED) is 0.275. The fourth-order valence-electron chi connectivity index (χ4n) is 2.24. The van der Waals surface area contributed by atoms with E-state index in [2.05, 4.69) is 6.92 Å². The maximum atomic E-state index is 10.2. The summed E-state index contributed by atoms with van der Waals surface area (Å²) in [4.78, 5) is 21.6. The molecule has 0 fully saturated rings. The zero-order valence-electron chi connectivity index (χ0n) is 15.9. The molecule has 25 heavy (non-hydrogen) atoms. The van der Waals surface area contributed by atoms with Crippen molar-refractivity contribution in [3.8, 4) is 0 Å². The maximum Gasteiger partial charge on any atom is 0.466 e. The molecule has 0 aliphatic carbocycles. The van der Waals surface area contributed by atoms with Gasteiger partial charge in [0, 0.05) is 6.61 Å². The summed E-state index contributed by atoms with van der Waals surface area (Å²) < 4.78 is 19.7. The topological polar surface area (TPSA) is 116 Å². The molecule has 0 aromatic rings. The Bertz CT molecular complexity index is 288. The van der Waals surface area contributed by atoms with E-state index in [4.69, 9.17) is 28.7 Å². The lowest BCUT2D eigenvalue weighted by Crippen LogP contribution is -2.18. The number of hydrogen-bond donors (Lipinski definition) is 3. The summed E-state index contributed by atoms with van der Waals surface area (Å²) in [7, 11) is -4.64. The van der Waals surface area contributed by atoms with Crippen LogP contribution in [0.2, 0.25) is 0 Å². The van der Waals surface area contributed by atoms with Gasteiger partial charge >= 0.3 is 7.82 Å². The summed E-state index contributed by atoms with van der Waals surface area (Å²) in [6.07, 6.45) is 13.5. The molecule has 0 aromatic carbocycles. The number of rotatable bonds is 16. The standard InChI is InChI=1S/C17H35O3.H3O4P/c1-3-4-5-6-7-8-9-10-11-12-14-19-16-17(2)20-15-13-18;1-5(2,3)4/h17H,3-16H2,1-2H3;(H3,1,2,3,4). The predicted octanol–water partition coefficient (Wildman–Crippen LogP) is 3.83. The highest BCUT2D eigenvalue weighted by Gasteiger charge is 2.01. The van der Waals surface area contributed by atoms with Crippen LogP contribution in [0.4, 0.5) is 0 Å². The molecule has 3 N–H and O–H groups in total. The van der Waals surface area contributed by atoms with Crippen molar-refractivity contribution in [2.24, 2.45) is 0 Å². The SMILES string of the molecule is CCCCCCCCCCCCOCC(C)OCC[O].O=P(O)(O)O. The lowest BCUT2D eigenvalue weighted by atomic mass is 10.1. The summed E-state index contributed by atoms with van der Waals surface area (Å²) in [5, 5.41) is 10.2. The number of ether oxygens (including phenoxy) is 2. The summed E-state index contributed by atoms with van der Waals surface area (Å²) in [5.74, 6) is 0. The Balaban J connectivity index is 0. The molecule has 0 aliphatic heterocycles. The maximum absolute atomic E-state index is 10.2. The first-order valence-corrected chi connectivity index (χ1v) is 10.9. The molecule has 0 saturated carbocycles. The monoisotopic (exact) mass is 385 g/mol.